The molecule has 3 N–H and O–H groups in total. The van der Waals surface area contributed by atoms with Crippen LogP contribution in [0.15, 0.2) is 59.7 Å². The van der Waals surface area contributed by atoms with Crippen molar-refractivity contribution >= 4 is 29.9 Å². The lowest BCUT2D eigenvalue weighted by atomic mass is 9.92. The summed E-state index contributed by atoms with van der Waals surface area (Å²) in [6.45, 7) is 8.69. The number of nitrogens with zero attached hydrogens (tertiary/aromatic N) is 3. The molecule has 0 aliphatic rings. The molecule has 9 nitrogen and oxygen atoms in total. The van der Waals surface area contributed by atoms with Crippen molar-refractivity contribution in [1.82, 2.24) is 15.2 Å². The van der Waals surface area contributed by atoms with Crippen molar-refractivity contribution in [3.05, 3.63) is 82.3 Å². The Hall–Kier alpha value is -4.02. The van der Waals surface area contributed by atoms with Crippen molar-refractivity contribution in [2.75, 3.05) is 34.4 Å². The Labute approximate surface area is 258 Å². The van der Waals surface area contributed by atoms with E-state index in [1.807, 2.05) is 25.1 Å². The summed E-state index contributed by atoms with van der Waals surface area (Å²) in [5.41, 5.74) is 9.35. The lowest BCUT2D eigenvalue weighted by molar-refractivity contribution is -0.109. The van der Waals surface area contributed by atoms with Gasteiger partial charge in [0.1, 0.15) is 11.6 Å². The molecule has 3 rings (SSSR count). The van der Waals surface area contributed by atoms with E-state index < -0.39 is 17.8 Å². The Morgan fingerprint density at radius 3 is 2.47 bits per heavy atom. The summed E-state index contributed by atoms with van der Waals surface area (Å²) in [6.07, 6.45) is 3.06. The first-order valence-corrected chi connectivity index (χ1v) is 14.0. The third-order valence-electron chi connectivity index (χ3n) is 6.40. The number of carbonyl (C=O) groups is 2. The molecule has 0 radical (unpaired) electrons. The fraction of sp³-hybridized carbons (Fsp3) is 0.375. The van der Waals surface area contributed by atoms with E-state index >= 15 is 4.39 Å². The van der Waals surface area contributed by atoms with Crippen molar-refractivity contribution in [1.29, 1.82) is 0 Å². The molecule has 1 atom stereocenters. The van der Waals surface area contributed by atoms with E-state index in [2.05, 4.69) is 36.1 Å². The number of rotatable bonds is 10. The third-order valence-corrected chi connectivity index (χ3v) is 6.73. The summed E-state index contributed by atoms with van der Waals surface area (Å²) in [7, 11) is 4.52. The Balaban J connectivity index is 0.00000151. The molecule has 0 fully saturated rings. The van der Waals surface area contributed by atoms with Crippen molar-refractivity contribution in [3.8, 4) is 17.0 Å². The van der Waals surface area contributed by atoms with E-state index in [1.165, 1.54) is 31.3 Å². The number of aliphatic imine (C=N–C) groups is 1. The van der Waals surface area contributed by atoms with Crippen LogP contribution < -0.4 is 15.8 Å². The van der Waals surface area contributed by atoms with Gasteiger partial charge in [0.25, 0.3) is 5.91 Å². The minimum absolute atomic E-state index is 0.0122. The fourth-order valence-electron chi connectivity index (χ4n) is 4.09. The number of nitrogens with one attached hydrogen (secondary N) is 1. The SMILES string of the molecule is CNC=O.COC[C@H](c1ccc(Cl)c(-c2ncccc2C)c1)N(C(=O)c1ccc(OC)cc1F)C(N)=NCCC(C)(C)C. The number of ether oxygens (including phenoxy) is 2. The first-order chi connectivity index (χ1) is 20.4. The van der Waals surface area contributed by atoms with Gasteiger partial charge in [-0.3, -0.25) is 24.5 Å². The van der Waals surface area contributed by atoms with Crippen molar-refractivity contribution in [2.45, 2.75) is 40.2 Å². The van der Waals surface area contributed by atoms with Gasteiger partial charge in [-0.05, 0) is 60.2 Å². The van der Waals surface area contributed by atoms with Gasteiger partial charge in [0.05, 0.1) is 31.0 Å². The number of methoxy groups -OCH3 is 2. The summed E-state index contributed by atoms with van der Waals surface area (Å²) in [4.78, 5) is 33.3. The van der Waals surface area contributed by atoms with E-state index in [0.717, 1.165) is 18.1 Å². The lowest BCUT2D eigenvalue weighted by Crippen LogP contribution is -2.46. The normalized spacial score (nSPS) is 12.1. The Kier molecular flexibility index (Phi) is 13.6. The first-order valence-electron chi connectivity index (χ1n) is 13.7. The highest BCUT2D eigenvalue weighted by Crippen LogP contribution is 2.34. The number of aromatic nitrogens is 1. The number of aryl methyl sites for hydroxylation is 1. The van der Waals surface area contributed by atoms with Crippen molar-refractivity contribution < 1.29 is 23.5 Å². The maximum absolute atomic E-state index is 15.1. The van der Waals surface area contributed by atoms with Crippen LogP contribution in [0.1, 0.15) is 54.7 Å². The highest BCUT2D eigenvalue weighted by molar-refractivity contribution is 6.33. The predicted molar refractivity (Wildman–Crippen MR) is 169 cm³/mol. The monoisotopic (exact) mass is 613 g/mol. The van der Waals surface area contributed by atoms with Crippen LogP contribution in [0.5, 0.6) is 5.75 Å². The summed E-state index contributed by atoms with van der Waals surface area (Å²) in [5.74, 6) is -1.13. The number of pyridine rings is 1. The molecule has 2 amide bonds. The van der Waals surface area contributed by atoms with Gasteiger partial charge < -0.3 is 20.5 Å². The average molecular weight is 614 g/mol. The lowest BCUT2D eigenvalue weighted by Gasteiger charge is -2.31. The smallest absolute Gasteiger partial charge is 0.264 e. The maximum atomic E-state index is 15.1. The van der Waals surface area contributed by atoms with Crippen molar-refractivity contribution in [3.63, 3.8) is 0 Å². The quantitative estimate of drug-likeness (QED) is 0.169. The first kappa shape index (κ1) is 35.2. The van der Waals surface area contributed by atoms with Crippen LogP contribution in [-0.2, 0) is 9.53 Å². The molecule has 232 valence electrons. The van der Waals surface area contributed by atoms with E-state index in [9.17, 15) is 4.79 Å². The van der Waals surface area contributed by atoms with Gasteiger partial charge in [0.15, 0.2) is 5.96 Å². The number of halogens is 2. The summed E-state index contributed by atoms with van der Waals surface area (Å²) >= 11 is 6.58. The summed E-state index contributed by atoms with van der Waals surface area (Å²) < 4.78 is 25.7. The number of carbonyl (C=O) groups excluding carboxylic acids is 2. The third kappa shape index (κ3) is 10.0. The molecule has 0 aliphatic carbocycles. The summed E-state index contributed by atoms with van der Waals surface area (Å²) in [6, 6.07) is 12.5. The van der Waals surface area contributed by atoms with Gasteiger partial charge in [-0.25, -0.2) is 4.39 Å². The van der Waals surface area contributed by atoms with Gasteiger partial charge in [0.2, 0.25) is 6.41 Å². The second kappa shape index (κ2) is 16.6. The molecule has 2 aromatic carbocycles. The molecule has 0 spiro atoms. The molecule has 0 saturated carbocycles. The highest BCUT2D eigenvalue weighted by atomic mass is 35.5. The zero-order valence-electron chi connectivity index (χ0n) is 25.8. The highest BCUT2D eigenvalue weighted by Gasteiger charge is 2.32. The molecule has 11 heteroatoms. The number of hydrogen-bond acceptors (Lipinski definition) is 6. The number of nitrogens with two attached hydrogens (primary N) is 1. The van der Waals surface area contributed by atoms with E-state index in [-0.39, 0.29) is 23.5 Å². The van der Waals surface area contributed by atoms with Gasteiger partial charge >= 0.3 is 0 Å². The van der Waals surface area contributed by atoms with Gasteiger partial charge in [-0.2, -0.15) is 0 Å². The molecule has 0 unspecified atom stereocenters. The molecule has 1 heterocycles. The van der Waals surface area contributed by atoms with Crippen LogP contribution in [0, 0.1) is 18.2 Å². The zero-order chi connectivity index (χ0) is 32.2. The number of amides is 2. The molecule has 43 heavy (non-hydrogen) atoms. The Morgan fingerprint density at radius 2 is 1.91 bits per heavy atom. The van der Waals surface area contributed by atoms with Crippen LogP contribution in [0.4, 0.5) is 4.39 Å². The zero-order valence-corrected chi connectivity index (χ0v) is 26.5. The maximum Gasteiger partial charge on any atom is 0.264 e. The van der Waals surface area contributed by atoms with Crippen LogP contribution >= 0.6 is 11.6 Å². The minimum Gasteiger partial charge on any atom is -0.497 e. The van der Waals surface area contributed by atoms with Gasteiger partial charge in [-0.1, -0.05) is 44.5 Å². The molecule has 3 aromatic rings. The molecule has 0 aliphatic heterocycles. The number of guanidine groups is 1. The minimum atomic E-state index is -0.734. The largest absolute Gasteiger partial charge is 0.497 e. The Bertz CT molecular complexity index is 1410. The topological polar surface area (TPSA) is 119 Å². The van der Waals surface area contributed by atoms with Gasteiger partial charge in [-0.15, -0.1) is 0 Å². The van der Waals surface area contributed by atoms with E-state index in [4.69, 9.17) is 31.6 Å². The van der Waals surface area contributed by atoms with E-state index in [1.54, 1.807) is 25.4 Å². The molecular formula is C32H41ClFN5O4. The Morgan fingerprint density at radius 1 is 1.21 bits per heavy atom. The molecule has 1 aromatic heterocycles. The number of hydrogen-bond donors (Lipinski definition) is 2. The molecular weight excluding hydrogens is 573 g/mol. The van der Waals surface area contributed by atoms with Crippen molar-refractivity contribution in [2.24, 2.45) is 16.1 Å². The van der Waals surface area contributed by atoms with Crippen LogP contribution in [-0.4, -0.2) is 62.6 Å². The molecule has 0 saturated heterocycles. The van der Waals surface area contributed by atoms with Crippen LogP contribution in [0.3, 0.4) is 0 Å². The molecule has 0 bridgehead atoms. The van der Waals surface area contributed by atoms with E-state index in [0.29, 0.717) is 40.5 Å². The predicted octanol–water partition coefficient (Wildman–Crippen LogP) is 5.80. The second-order valence-electron chi connectivity index (χ2n) is 10.9. The summed E-state index contributed by atoms with van der Waals surface area (Å²) in [5, 5.41) is 2.75. The van der Waals surface area contributed by atoms with Crippen LogP contribution in [0.2, 0.25) is 5.02 Å². The average Bonchev–Trinajstić information content (AvgIpc) is 2.97. The number of benzene rings is 2. The van der Waals surface area contributed by atoms with Crippen LogP contribution in [0.25, 0.3) is 11.3 Å². The fourth-order valence-corrected chi connectivity index (χ4v) is 4.30. The standard InChI is InChI=1S/C30H36ClFN4O3.C2H5NO/c1-19-8-7-14-34-27(19)23-16-20(9-12-24(23)31)26(18-38-5)36(29(33)35-15-13-30(2,3)4)28(37)22-11-10-21(39-6)17-25(22)32;1-3-2-4/h7-12,14,16-17,26H,13,15,18H2,1-6H3,(H2,33,35);2H,1H3,(H,3,4)/t26-;/m1./s1. The second-order valence-corrected chi connectivity index (χ2v) is 11.3. The van der Waals surface area contributed by atoms with Gasteiger partial charge in [0, 0.05) is 43.6 Å².